The molecule has 1 atom stereocenters. The first-order valence-corrected chi connectivity index (χ1v) is 8.96. The predicted octanol–water partition coefficient (Wildman–Crippen LogP) is 0.789. The molecule has 3 heterocycles. The fourth-order valence-corrected chi connectivity index (χ4v) is 3.31. The summed E-state index contributed by atoms with van der Waals surface area (Å²) in [6, 6.07) is 6.01. The summed E-state index contributed by atoms with van der Waals surface area (Å²) in [5.74, 6) is 0.997. The molecule has 25 heavy (non-hydrogen) atoms. The number of carbonyl (C=O) groups is 1. The monoisotopic (exact) mass is 345 g/mol. The molecule has 0 aromatic carbocycles. The summed E-state index contributed by atoms with van der Waals surface area (Å²) in [6.07, 6.45) is 1.61. The van der Waals surface area contributed by atoms with E-state index in [0.717, 1.165) is 43.3 Å². The average Bonchev–Trinajstić information content (AvgIpc) is 3.17. The van der Waals surface area contributed by atoms with Crippen molar-refractivity contribution in [1.82, 2.24) is 20.1 Å². The number of aryl methyl sites for hydroxylation is 1. The van der Waals surface area contributed by atoms with Gasteiger partial charge in [-0.15, -0.1) is 0 Å². The van der Waals surface area contributed by atoms with Gasteiger partial charge < -0.3 is 19.9 Å². The Bertz CT molecular complexity index is 620. The van der Waals surface area contributed by atoms with Crippen LogP contribution in [0.4, 0.5) is 0 Å². The van der Waals surface area contributed by atoms with E-state index in [9.17, 15) is 4.79 Å². The summed E-state index contributed by atoms with van der Waals surface area (Å²) in [7, 11) is 1.79. The van der Waals surface area contributed by atoms with Gasteiger partial charge in [0.2, 0.25) is 0 Å². The van der Waals surface area contributed by atoms with Gasteiger partial charge in [0, 0.05) is 45.5 Å². The molecule has 0 radical (unpaired) electrons. The van der Waals surface area contributed by atoms with Crippen molar-refractivity contribution in [2.45, 2.75) is 32.4 Å². The third-order valence-electron chi connectivity index (χ3n) is 4.68. The molecule has 7 nitrogen and oxygen atoms in total. The first-order valence-electron chi connectivity index (χ1n) is 8.96. The van der Waals surface area contributed by atoms with Gasteiger partial charge in [0.05, 0.1) is 12.2 Å². The lowest BCUT2D eigenvalue weighted by molar-refractivity contribution is -0.142. The number of guanidine groups is 1. The molecule has 0 saturated carbocycles. The Morgan fingerprint density at radius 3 is 2.72 bits per heavy atom. The Labute approximate surface area is 149 Å². The lowest BCUT2D eigenvalue weighted by Crippen LogP contribution is -2.55. The minimum absolute atomic E-state index is 0.143. The zero-order chi connectivity index (χ0) is 17.6. The number of aliphatic imine (C=N–C) groups is 1. The number of hydrogen-bond acceptors (Lipinski definition) is 4. The number of hydrogen-bond donors (Lipinski definition) is 1. The second-order valence-corrected chi connectivity index (χ2v) is 6.49. The molecule has 136 valence electrons. The topological polar surface area (TPSA) is 70.1 Å². The maximum Gasteiger partial charge on any atom is 0.251 e. The first-order chi connectivity index (χ1) is 12.2. The van der Waals surface area contributed by atoms with Crippen molar-refractivity contribution in [3.63, 3.8) is 0 Å². The number of nitrogens with zero attached hydrogens (tertiary/aromatic N) is 4. The van der Waals surface area contributed by atoms with Crippen LogP contribution < -0.4 is 5.32 Å². The largest absolute Gasteiger partial charge is 0.368 e. The molecule has 2 saturated heterocycles. The van der Waals surface area contributed by atoms with Crippen molar-refractivity contribution in [2.24, 2.45) is 4.99 Å². The van der Waals surface area contributed by atoms with E-state index in [1.165, 1.54) is 0 Å². The molecule has 1 amide bonds. The van der Waals surface area contributed by atoms with Gasteiger partial charge in [0.25, 0.3) is 5.91 Å². The van der Waals surface area contributed by atoms with Crippen LogP contribution in [0.15, 0.2) is 23.2 Å². The van der Waals surface area contributed by atoms with Crippen LogP contribution in [0, 0.1) is 6.92 Å². The Kier molecular flexibility index (Phi) is 5.86. The molecule has 7 heteroatoms. The van der Waals surface area contributed by atoms with Crippen LogP contribution in [0.2, 0.25) is 0 Å². The normalized spacial score (nSPS) is 21.5. The predicted molar refractivity (Wildman–Crippen MR) is 96.3 cm³/mol. The molecule has 2 fully saturated rings. The van der Waals surface area contributed by atoms with Gasteiger partial charge in [-0.25, -0.2) is 0 Å². The number of piperazine rings is 1. The number of rotatable bonds is 3. The van der Waals surface area contributed by atoms with Crippen LogP contribution in [0.25, 0.3) is 0 Å². The summed E-state index contributed by atoms with van der Waals surface area (Å²) in [5, 5.41) is 3.37. The quantitative estimate of drug-likeness (QED) is 0.648. The van der Waals surface area contributed by atoms with Gasteiger partial charge in [0.1, 0.15) is 6.10 Å². The van der Waals surface area contributed by atoms with Crippen LogP contribution in [0.3, 0.4) is 0 Å². The molecule has 2 aliphatic heterocycles. The highest BCUT2D eigenvalue weighted by Crippen LogP contribution is 2.16. The molecule has 0 aliphatic carbocycles. The molecular formula is C18H27N5O2. The highest BCUT2D eigenvalue weighted by Gasteiger charge is 2.30. The number of ether oxygens (including phenoxy) is 1. The molecule has 1 unspecified atom stereocenters. The minimum Gasteiger partial charge on any atom is -0.368 e. The van der Waals surface area contributed by atoms with E-state index in [-0.39, 0.29) is 12.0 Å². The molecule has 3 rings (SSSR count). The Balaban J connectivity index is 1.49. The van der Waals surface area contributed by atoms with Crippen LogP contribution in [0.5, 0.6) is 0 Å². The highest BCUT2D eigenvalue weighted by atomic mass is 16.5. The fourth-order valence-electron chi connectivity index (χ4n) is 3.31. The summed E-state index contributed by atoms with van der Waals surface area (Å²) >= 11 is 0. The Morgan fingerprint density at radius 1 is 1.32 bits per heavy atom. The second kappa shape index (κ2) is 8.29. The maximum absolute atomic E-state index is 12.4. The van der Waals surface area contributed by atoms with E-state index in [1.54, 1.807) is 7.05 Å². The maximum atomic E-state index is 12.4. The standard InChI is InChI=1S/C18H27N5O2/c1-14-5-3-6-15(21-14)13-20-18(19-2)23-10-8-22(9-11-23)17(24)16-7-4-12-25-16/h3,5-6,16H,4,7-13H2,1-2H3,(H,19,20). The summed E-state index contributed by atoms with van der Waals surface area (Å²) in [4.78, 5) is 25.4. The van der Waals surface area contributed by atoms with Crippen molar-refractivity contribution in [3.05, 3.63) is 29.6 Å². The zero-order valence-corrected chi connectivity index (χ0v) is 15.1. The van der Waals surface area contributed by atoms with Crippen LogP contribution in [0.1, 0.15) is 24.2 Å². The summed E-state index contributed by atoms with van der Waals surface area (Å²) in [6.45, 7) is 6.31. The smallest absolute Gasteiger partial charge is 0.251 e. The van der Waals surface area contributed by atoms with Crippen molar-refractivity contribution < 1.29 is 9.53 Å². The van der Waals surface area contributed by atoms with Crippen LogP contribution in [-0.2, 0) is 16.1 Å². The molecule has 1 N–H and O–H groups in total. The number of carbonyl (C=O) groups excluding carboxylic acids is 1. The lowest BCUT2D eigenvalue weighted by atomic mass is 10.2. The third-order valence-corrected chi connectivity index (χ3v) is 4.68. The lowest BCUT2D eigenvalue weighted by Gasteiger charge is -2.37. The van der Waals surface area contributed by atoms with Crippen molar-refractivity contribution in [3.8, 4) is 0 Å². The van der Waals surface area contributed by atoms with Crippen molar-refractivity contribution in [1.29, 1.82) is 0 Å². The number of aromatic nitrogens is 1. The van der Waals surface area contributed by atoms with Crippen LogP contribution in [-0.4, -0.2) is 72.6 Å². The van der Waals surface area contributed by atoms with Gasteiger partial charge in [-0.2, -0.15) is 0 Å². The molecule has 2 aliphatic rings. The second-order valence-electron chi connectivity index (χ2n) is 6.49. The highest BCUT2D eigenvalue weighted by molar-refractivity contribution is 5.82. The van der Waals surface area contributed by atoms with Gasteiger partial charge >= 0.3 is 0 Å². The van der Waals surface area contributed by atoms with Gasteiger partial charge in [-0.3, -0.25) is 14.8 Å². The van der Waals surface area contributed by atoms with E-state index in [4.69, 9.17) is 4.74 Å². The van der Waals surface area contributed by atoms with E-state index < -0.39 is 0 Å². The van der Waals surface area contributed by atoms with Gasteiger partial charge in [0.15, 0.2) is 5.96 Å². The Morgan fingerprint density at radius 2 is 2.08 bits per heavy atom. The van der Waals surface area contributed by atoms with E-state index >= 15 is 0 Å². The summed E-state index contributed by atoms with van der Waals surface area (Å²) < 4.78 is 5.51. The number of amides is 1. The number of nitrogens with one attached hydrogen (secondary N) is 1. The van der Waals surface area contributed by atoms with Crippen molar-refractivity contribution in [2.75, 3.05) is 39.8 Å². The fraction of sp³-hybridized carbons (Fsp3) is 0.611. The Hall–Kier alpha value is -2.15. The molecule has 1 aromatic heterocycles. The average molecular weight is 345 g/mol. The minimum atomic E-state index is -0.226. The van der Waals surface area contributed by atoms with Gasteiger partial charge in [-0.05, 0) is 31.9 Å². The molecular weight excluding hydrogens is 318 g/mol. The summed E-state index contributed by atoms with van der Waals surface area (Å²) in [5.41, 5.74) is 2.00. The van der Waals surface area contributed by atoms with E-state index in [2.05, 4.69) is 20.2 Å². The molecule has 1 aromatic rings. The zero-order valence-electron chi connectivity index (χ0n) is 15.1. The van der Waals surface area contributed by atoms with Crippen molar-refractivity contribution >= 4 is 11.9 Å². The molecule has 0 bridgehead atoms. The SMILES string of the molecule is CN=C(NCc1cccc(C)n1)N1CCN(C(=O)C2CCCO2)CC1. The van der Waals surface area contributed by atoms with E-state index in [1.807, 2.05) is 30.0 Å². The number of pyridine rings is 1. The first kappa shape index (κ1) is 17.7. The third kappa shape index (κ3) is 4.48. The van der Waals surface area contributed by atoms with E-state index in [0.29, 0.717) is 26.2 Å². The van der Waals surface area contributed by atoms with Crippen LogP contribution >= 0.6 is 0 Å². The van der Waals surface area contributed by atoms with Gasteiger partial charge in [-0.1, -0.05) is 6.07 Å². The molecule has 0 spiro atoms.